The zero-order chi connectivity index (χ0) is 13.5. The molecule has 1 atom stereocenters. The van der Waals surface area contributed by atoms with Crippen LogP contribution in [0.15, 0.2) is 18.2 Å². The Kier molecular flexibility index (Phi) is 5.45. The van der Waals surface area contributed by atoms with E-state index in [-0.39, 0.29) is 12.4 Å². The number of methoxy groups -OCH3 is 2. The summed E-state index contributed by atoms with van der Waals surface area (Å²) in [5.41, 5.74) is 6.73. The molecule has 0 saturated carbocycles. The van der Waals surface area contributed by atoms with Crippen LogP contribution in [0.3, 0.4) is 0 Å². The maximum absolute atomic E-state index is 11.2. The Balaban J connectivity index is 2.87. The molecule has 0 heterocycles. The first kappa shape index (κ1) is 14.3. The van der Waals surface area contributed by atoms with E-state index < -0.39 is 6.04 Å². The van der Waals surface area contributed by atoms with Crippen LogP contribution >= 0.6 is 0 Å². The molecule has 0 fully saturated rings. The van der Waals surface area contributed by atoms with Crippen LogP contribution in [0.2, 0.25) is 0 Å². The Bertz CT molecular complexity index is 406. The average Bonchev–Trinajstić information content (AvgIpc) is 2.39. The van der Waals surface area contributed by atoms with Crippen LogP contribution in [-0.2, 0) is 9.53 Å². The van der Waals surface area contributed by atoms with Crippen LogP contribution in [0.1, 0.15) is 24.9 Å². The molecule has 2 N–H and O–H groups in total. The molecule has 0 radical (unpaired) electrons. The molecule has 1 aromatic rings. The predicted molar refractivity (Wildman–Crippen MR) is 67.7 cm³/mol. The van der Waals surface area contributed by atoms with Gasteiger partial charge >= 0.3 is 5.97 Å². The minimum atomic E-state index is -0.415. The fourth-order valence-electron chi connectivity index (χ4n) is 1.57. The fourth-order valence-corrected chi connectivity index (χ4v) is 1.57. The summed E-state index contributed by atoms with van der Waals surface area (Å²) in [4.78, 5) is 11.2. The van der Waals surface area contributed by atoms with Crippen molar-refractivity contribution in [1.82, 2.24) is 0 Å². The summed E-state index contributed by atoms with van der Waals surface area (Å²) < 4.78 is 15.2. The summed E-state index contributed by atoms with van der Waals surface area (Å²) in [5.74, 6) is 0.930. The number of rotatable bonds is 6. The maximum Gasteiger partial charge on any atom is 0.307 e. The molecule has 0 aliphatic heterocycles. The van der Waals surface area contributed by atoms with Gasteiger partial charge in [-0.15, -0.1) is 0 Å². The van der Waals surface area contributed by atoms with Gasteiger partial charge in [-0.3, -0.25) is 4.79 Å². The molecule has 0 bridgehead atoms. The maximum atomic E-state index is 11.2. The van der Waals surface area contributed by atoms with Crippen LogP contribution in [0.5, 0.6) is 11.5 Å². The summed E-state index contributed by atoms with van der Waals surface area (Å²) in [7, 11) is 2.90. The first-order valence-corrected chi connectivity index (χ1v) is 5.75. The van der Waals surface area contributed by atoms with Crippen molar-refractivity contribution in [1.29, 1.82) is 0 Å². The molecular weight excluding hydrogens is 234 g/mol. The van der Waals surface area contributed by atoms with Gasteiger partial charge in [0.15, 0.2) is 11.5 Å². The topological polar surface area (TPSA) is 70.8 Å². The van der Waals surface area contributed by atoms with E-state index in [0.717, 1.165) is 5.56 Å². The molecule has 1 aromatic carbocycles. The van der Waals surface area contributed by atoms with Gasteiger partial charge in [-0.2, -0.15) is 0 Å². The van der Waals surface area contributed by atoms with Crippen molar-refractivity contribution < 1.29 is 19.0 Å². The summed E-state index contributed by atoms with van der Waals surface area (Å²) in [6.07, 6.45) is 0.133. The predicted octanol–water partition coefficient (Wildman–Crippen LogP) is 1.66. The Morgan fingerprint density at radius 2 is 2.06 bits per heavy atom. The Labute approximate surface area is 107 Å². The second-order valence-corrected chi connectivity index (χ2v) is 3.73. The molecule has 0 spiro atoms. The number of hydrogen-bond acceptors (Lipinski definition) is 5. The second kappa shape index (κ2) is 6.86. The van der Waals surface area contributed by atoms with Crippen molar-refractivity contribution in [3.63, 3.8) is 0 Å². The molecule has 0 amide bonds. The van der Waals surface area contributed by atoms with Crippen LogP contribution in [0, 0.1) is 0 Å². The lowest BCUT2D eigenvalue weighted by Gasteiger charge is -2.14. The van der Waals surface area contributed by atoms with Crippen LogP contribution < -0.4 is 15.2 Å². The van der Waals surface area contributed by atoms with Crippen molar-refractivity contribution in [3.8, 4) is 11.5 Å². The summed E-state index contributed by atoms with van der Waals surface area (Å²) in [5, 5.41) is 0. The molecule has 1 unspecified atom stereocenters. The van der Waals surface area contributed by atoms with Gasteiger partial charge < -0.3 is 19.9 Å². The number of hydrogen-bond donors (Lipinski definition) is 1. The van der Waals surface area contributed by atoms with Gasteiger partial charge in [-0.25, -0.2) is 0 Å². The third kappa shape index (κ3) is 3.63. The lowest BCUT2D eigenvalue weighted by molar-refractivity contribution is -0.141. The van der Waals surface area contributed by atoms with Gasteiger partial charge in [0.2, 0.25) is 0 Å². The highest BCUT2D eigenvalue weighted by Gasteiger charge is 2.14. The first-order valence-electron chi connectivity index (χ1n) is 5.75. The van der Waals surface area contributed by atoms with Crippen molar-refractivity contribution in [2.45, 2.75) is 19.4 Å². The molecule has 0 saturated heterocycles. The molecule has 5 heteroatoms. The van der Waals surface area contributed by atoms with E-state index in [1.54, 1.807) is 19.2 Å². The standard InChI is InChI=1S/C13H19NO4/c1-4-18-11-6-5-9(7-12(11)16-2)10(14)8-13(15)17-3/h5-7,10H,4,8,14H2,1-3H3. The quantitative estimate of drug-likeness (QED) is 0.781. The number of nitrogens with two attached hydrogens (primary N) is 1. The van der Waals surface area contributed by atoms with E-state index >= 15 is 0 Å². The van der Waals surface area contributed by atoms with Crippen molar-refractivity contribution in [2.24, 2.45) is 5.73 Å². The van der Waals surface area contributed by atoms with Gasteiger partial charge in [-0.1, -0.05) is 6.07 Å². The minimum absolute atomic E-state index is 0.133. The highest BCUT2D eigenvalue weighted by atomic mass is 16.5. The molecule has 0 aromatic heterocycles. The summed E-state index contributed by atoms with van der Waals surface area (Å²) >= 11 is 0. The van der Waals surface area contributed by atoms with E-state index in [1.807, 2.05) is 13.0 Å². The van der Waals surface area contributed by atoms with Gasteiger partial charge in [0.05, 0.1) is 27.2 Å². The zero-order valence-corrected chi connectivity index (χ0v) is 10.9. The van der Waals surface area contributed by atoms with Crippen molar-refractivity contribution >= 4 is 5.97 Å². The smallest absolute Gasteiger partial charge is 0.307 e. The van der Waals surface area contributed by atoms with Gasteiger partial charge in [0, 0.05) is 6.04 Å². The monoisotopic (exact) mass is 253 g/mol. The van der Waals surface area contributed by atoms with Gasteiger partial charge in [-0.05, 0) is 24.6 Å². The minimum Gasteiger partial charge on any atom is -0.493 e. The first-order chi connectivity index (χ1) is 8.62. The SMILES string of the molecule is CCOc1ccc(C(N)CC(=O)OC)cc1OC. The van der Waals surface area contributed by atoms with Gasteiger partial charge in [0.25, 0.3) is 0 Å². The van der Waals surface area contributed by atoms with E-state index in [2.05, 4.69) is 4.74 Å². The lowest BCUT2D eigenvalue weighted by atomic mass is 10.0. The lowest BCUT2D eigenvalue weighted by Crippen LogP contribution is -2.16. The fraction of sp³-hybridized carbons (Fsp3) is 0.462. The normalized spacial score (nSPS) is 11.8. The van der Waals surface area contributed by atoms with Crippen molar-refractivity contribution in [2.75, 3.05) is 20.8 Å². The number of esters is 1. The number of carbonyl (C=O) groups is 1. The molecule has 1 rings (SSSR count). The highest BCUT2D eigenvalue weighted by molar-refractivity contribution is 5.70. The molecule has 0 aliphatic rings. The van der Waals surface area contributed by atoms with Crippen LogP contribution in [-0.4, -0.2) is 26.8 Å². The number of carbonyl (C=O) groups excluding carboxylic acids is 1. The van der Waals surface area contributed by atoms with E-state index in [1.165, 1.54) is 7.11 Å². The third-order valence-electron chi connectivity index (χ3n) is 2.53. The molecule has 18 heavy (non-hydrogen) atoms. The van der Waals surface area contributed by atoms with Crippen LogP contribution in [0.25, 0.3) is 0 Å². The summed E-state index contributed by atoms with van der Waals surface area (Å²) in [6.45, 7) is 2.46. The summed E-state index contributed by atoms with van der Waals surface area (Å²) in [6, 6.07) is 4.97. The zero-order valence-electron chi connectivity index (χ0n) is 10.9. The molecule has 100 valence electrons. The third-order valence-corrected chi connectivity index (χ3v) is 2.53. The van der Waals surface area contributed by atoms with E-state index in [0.29, 0.717) is 18.1 Å². The Hall–Kier alpha value is -1.75. The van der Waals surface area contributed by atoms with Gasteiger partial charge in [0.1, 0.15) is 0 Å². The van der Waals surface area contributed by atoms with Crippen LogP contribution in [0.4, 0.5) is 0 Å². The second-order valence-electron chi connectivity index (χ2n) is 3.73. The van der Waals surface area contributed by atoms with E-state index in [4.69, 9.17) is 15.2 Å². The van der Waals surface area contributed by atoms with E-state index in [9.17, 15) is 4.79 Å². The molecular formula is C13H19NO4. The molecule has 5 nitrogen and oxygen atoms in total. The van der Waals surface area contributed by atoms with Crippen molar-refractivity contribution in [3.05, 3.63) is 23.8 Å². The Morgan fingerprint density at radius 3 is 2.61 bits per heavy atom. The highest BCUT2D eigenvalue weighted by Crippen LogP contribution is 2.30. The largest absolute Gasteiger partial charge is 0.493 e. The number of benzene rings is 1. The molecule has 0 aliphatic carbocycles. The average molecular weight is 253 g/mol. The number of ether oxygens (including phenoxy) is 3. The Morgan fingerprint density at radius 1 is 1.33 bits per heavy atom.